The predicted molar refractivity (Wildman–Crippen MR) is 250 cm³/mol. The molecule has 2 aliphatic heterocycles. The van der Waals surface area contributed by atoms with Gasteiger partial charge in [0.05, 0.1) is 130 Å². The van der Waals surface area contributed by atoms with Gasteiger partial charge in [0.1, 0.15) is 6.07 Å². The average molecular weight is 854 g/mol. The number of benzene rings is 2. The Balaban J connectivity index is 0.000000160. The van der Waals surface area contributed by atoms with Gasteiger partial charge in [-0.1, -0.05) is 48.0 Å². The summed E-state index contributed by atoms with van der Waals surface area (Å²) in [7, 11) is 0. The van der Waals surface area contributed by atoms with E-state index in [2.05, 4.69) is 65.5 Å². The second-order valence-corrected chi connectivity index (χ2v) is 15.5. The van der Waals surface area contributed by atoms with E-state index in [0.29, 0.717) is 16.1 Å². The minimum atomic E-state index is 0.530. The van der Waals surface area contributed by atoms with Crippen molar-refractivity contribution in [3.63, 3.8) is 0 Å². The average Bonchev–Trinajstić information content (AvgIpc) is 3.34. The molecular weight excluding hydrogens is 810 g/mol. The van der Waals surface area contributed by atoms with Crippen molar-refractivity contribution in [1.29, 1.82) is 5.26 Å². The van der Waals surface area contributed by atoms with Gasteiger partial charge in [0, 0.05) is 60.5 Å². The Bertz CT molecular complexity index is 2940. The van der Waals surface area contributed by atoms with Crippen molar-refractivity contribution in [2.45, 2.75) is 13.8 Å². The van der Waals surface area contributed by atoms with Crippen LogP contribution in [0.3, 0.4) is 0 Å². The lowest BCUT2D eigenvalue weighted by Crippen LogP contribution is -2.36. The summed E-state index contributed by atoms with van der Waals surface area (Å²) in [6.45, 7) is 10.4. The molecule has 2 fully saturated rings. The van der Waals surface area contributed by atoms with Gasteiger partial charge in [-0.05, 0) is 62.4 Å². The molecule has 2 N–H and O–H groups in total. The van der Waals surface area contributed by atoms with Crippen LogP contribution in [0.1, 0.15) is 16.7 Å². The monoisotopic (exact) mass is 853 g/mol. The lowest BCUT2D eigenvalue weighted by molar-refractivity contribution is 0.122. The van der Waals surface area contributed by atoms with Gasteiger partial charge >= 0.3 is 0 Å². The molecule has 0 radical (unpaired) electrons. The van der Waals surface area contributed by atoms with Crippen molar-refractivity contribution in [2.24, 2.45) is 0 Å². The second kappa shape index (κ2) is 18.8. The maximum absolute atomic E-state index is 9.68. The summed E-state index contributed by atoms with van der Waals surface area (Å²) >= 11 is 6.53. The van der Waals surface area contributed by atoms with E-state index in [1.807, 2.05) is 98.4 Å². The Hall–Kier alpha value is -7.24. The van der Waals surface area contributed by atoms with Gasteiger partial charge in [0.2, 0.25) is 0 Å². The van der Waals surface area contributed by atoms with Crippen molar-refractivity contribution in [3.05, 3.63) is 144 Å². The third-order valence-electron chi connectivity index (χ3n) is 11.1. The number of nitrogens with one attached hydrogen (secondary N) is 2. The first-order valence-corrected chi connectivity index (χ1v) is 21.2. The summed E-state index contributed by atoms with van der Waals surface area (Å²) in [6, 6.07) is 29.5. The minimum Gasteiger partial charge on any atom is -0.378 e. The number of ether oxygens (including phenoxy) is 2. The zero-order valence-electron chi connectivity index (χ0n) is 34.9. The van der Waals surface area contributed by atoms with Crippen LogP contribution >= 0.6 is 11.6 Å². The molecule has 0 saturated carbocycles. The molecule has 2 aliphatic rings. The number of pyridine rings is 6. The topological polar surface area (TPSA) is 150 Å². The molecule has 0 bridgehead atoms. The van der Waals surface area contributed by atoms with E-state index in [9.17, 15) is 5.26 Å². The molecule has 6 aromatic heterocycles. The number of aromatic nitrogens is 6. The zero-order chi connectivity index (χ0) is 43.1. The molecule has 0 spiro atoms. The first kappa shape index (κ1) is 41.1. The molecule has 2 saturated heterocycles. The summed E-state index contributed by atoms with van der Waals surface area (Å²) in [5.41, 5.74) is 12.8. The van der Waals surface area contributed by atoms with Crippen LogP contribution < -0.4 is 20.4 Å². The van der Waals surface area contributed by atoms with Crippen molar-refractivity contribution in [1.82, 2.24) is 29.9 Å². The van der Waals surface area contributed by atoms with Crippen molar-refractivity contribution >= 4 is 67.5 Å². The number of hydrogen-bond acceptors (Lipinski definition) is 13. The Morgan fingerprint density at radius 1 is 0.603 bits per heavy atom. The van der Waals surface area contributed by atoms with Crippen molar-refractivity contribution in [2.75, 3.05) is 73.0 Å². The first-order valence-electron chi connectivity index (χ1n) is 20.8. The number of nitriles is 1. The Kier molecular flexibility index (Phi) is 12.3. The summed E-state index contributed by atoms with van der Waals surface area (Å²) < 4.78 is 10.9. The van der Waals surface area contributed by atoms with Gasteiger partial charge in [-0.25, -0.2) is 9.97 Å². The Morgan fingerprint density at radius 2 is 1.10 bits per heavy atom. The molecule has 63 heavy (non-hydrogen) atoms. The van der Waals surface area contributed by atoms with Gasteiger partial charge < -0.3 is 29.9 Å². The van der Waals surface area contributed by atoms with Crippen LogP contribution in [-0.2, 0) is 9.47 Å². The maximum Gasteiger partial charge on any atom is 0.101 e. The molecule has 314 valence electrons. The minimum absolute atomic E-state index is 0.530. The fourth-order valence-corrected chi connectivity index (χ4v) is 8.13. The lowest BCUT2D eigenvalue weighted by atomic mass is 10.0. The van der Waals surface area contributed by atoms with Gasteiger partial charge in [0.25, 0.3) is 0 Å². The summed E-state index contributed by atoms with van der Waals surface area (Å²) in [5.74, 6) is 0. The van der Waals surface area contributed by atoms with E-state index in [1.165, 1.54) is 0 Å². The highest BCUT2D eigenvalue weighted by Crippen LogP contribution is 2.38. The summed E-state index contributed by atoms with van der Waals surface area (Å²) in [4.78, 5) is 32.2. The number of fused-ring (bicyclic) bond motifs is 2. The summed E-state index contributed by atoms with van der Waals surface area (Å²) in [6.07, 6.45) is 10.9. The highest BCUT2D eigenvalue weighted by molar-refractivity contribution is 6.35. The van der Waals surface area contributed by atoms with E-state index in [0.717, 1.165) is 137 Å². The number of rotatable bonds is 8. The van der Waals surface area contributed by atoms with Gasteiger partial charge in [0.15, 0.2) is 0 Å². The molecular formula is C49H44ClN11O2. The number of halogens is 1. The Labute approximate surface area is 370 Å². The molecule has 0 amide bonds. The highest BCUT2D eigenvalue weighted by Gasteiger charge is 2.20. The van der Waals surface area contributed by atoms with Crippen LogP contribution in [0.4, 0.5) is 34.1 Å². The second-order valence-electron chi connectivity index (χ2n) is 15.1. The normalized spacial score (nSPS) is 13.9. The van der Waals surface area contributed by atoms with Crippen molar-refractivity contribution < 1.29 is 9.47 Å². The number of nitrogens with zero attached hydrogens (tertiary/aromatic N) is 9. The van der Waals surface area contributed by atoms with Crippen LogP contribution in [0.25, 0.3) is 44.6 Å². The van der Waals surface area contributed by atoms with Crippen LogP contribution in [0.2, 0.25) is 5.02 Å². The van der Waals surface area contributed by atoms with Gasteiger partial charge in [-0.3, -0.25) is 19.9 Å². The molecule has 10 rings (SSSR count). The number of hydrogen-bond donors (Lipinski definition) is 2. The largest absolute Gasteiger partial charge is 0.378 e. The molecule has 0 atom stereocenters. The smallest absolute Gasteiger partial charge is 0.101 e. The van der Waals surface area contributed by atoms with Crippen LogP contribution in [0.5, 0.6) is 0 Å². The highest BCUT2D eigenvalue weighted by atomic mass is 35.5. The Morgan fingerprint density at radius 3 is 1.59 bits per heavy atom. The molecule has 0 aliphatic carbocycles. The molecule has 0 unspecified atom stereocenters. The van der Waals surface area contributed by atoms with E-state index in [-0.39, 0.29) is 0 Å². The van der Waals surface area contributed by atoms with Crippen LogP contribution in [0, 0.1) is 25.2 Å². The van der Waals surface area contributed by atoms with E-state index in [1.54, 1.807) is 18.5 Å². The fraction of sp³-hybridized carbons (Fsp3) is 0.204. The predicted octanol–water partition coefficient (Wildman–Crippen LogP) is 9.69. The molecule has 14 heteroatoms. The third kappa shape index (κ3) is 8.92. The summed E-state index contributed by atoms with van der Waals surface area (Å²) in [5, 5.41) is 19.3. The zero-order valence-corrected chi connectivity index (χ0v) is 35.7. The SMILES string of the molecule is Cc1c(-c2ccccn2)nc2c(C#N)cccc2c1Nc1cncc(N2CCOCC2)c1.Cc1c(-c2ccccn2)nc2c(Cl)cccc2c1Nc1cncc(N2CCOCC2)c1. The third-order valence-corrected chi connectivity index (χ3v) is 11.4. The van der Waals surface area contributed by atoms with Crippen molar-refractivity contribution in [3.8, 4) is 28.8 Å². The number of anilines is 6. The fourth-order valence-electron chi connectivity index (χ4n) is 7.92. The van der Waals surface area contributed by atoms with Crippen LogP contribution in [0.15, 0.2) is 122 Å². The number of para-hydroxylation sites is 2. The maximum atomic E-state index is 9.68. The molecule has 13 nitrogen and oxygen atoms in total. The van der Waals surface area contributed by atoms with E-state index < -0.39 is 0 Å². The first-order chi connectivity index (χ1) is 30.9. The van der Waals surface area contributed by atoms with E-state index >= 15 is 0 Å². The molecule has 8 aromatic rings. The number of morpholine rings is 2. The van der Waals surface area contributed by atoms with Gasteiger partial charge in [-0.2, -0.15) is 5.26 Å². The molecule has 8 heterocycles. The molecule has 2 aromatic carbocycles. The standard InChI is InChI=1S/C25H22N6O.C24H22ClN5O/c1-17-23(29-19-13-20(16-27-15-19)31-9-11-32-12-10-31)21-6-4-5-18(14-26)25(21)30-24(17)22-7-2-3-8-28-22;1-16-22(28-17-13-18(15-26-14-17)30-9-11-31-12-10-30)19-5-4-6-20(25)24(19)29-23(16)21-7-2-3-8-27-21/h2-8,13,15-16H,9-12H2,1H3,(H,29,30);2-8,13-15H,9-12H2,1H3,(H,28,29). The van der Waals surface area contributed by atoms with Crippen LogP contribution in [-0.4, -0.2) is 82.5 Å². The lowest BCUT2D eigenvalue weighted by Gasteiger charge is -2.28. The van der Waals surface area contributed by atoms with E-state index in [4.69, 9.17) is 31.0 Å². The van der Waals surface area contributed by atoms with Gasteiger partial charge in [-0.15, -0.1) is 0 Å². The quantitative estimate of drug-likeness (QED) is 0.149.